The quantitative estimate of drug-likeness (QED) is 0.809. The van der Waals surface area contributed by atoms with E-state index in [9.17, 15) is 9.59 Å². The van der Waals surface area contributed by atoms with Gasteiger partial charge in [-0.2, -0.15) is 0 Å². The summed E-state index contributed by atoms with van der Waals surface area (Å²) in [5.41, 5.74) is 2.85. The smallest absolute Gasteiger partial charge is 0.319 e. The second-order valence-corrected chi connectivity index (χ2v) is 7.21. The Morgan fingerprint density at radius 3 is 2.54 bits per heavy atom. The SMILES string of the molecule is Cc1ccc(C)c(CN2C(=O)N[C@@](C)(c3ccccc3Br)C2=O)c1. The summed E-state index contributed by atoms with van der Waals surface area (Å²) in [6.07, 6.45) is 0. The number of urea groups is 1. The van der Waals surface area contributed by atoms with Crippen LogP contribution in [0.15, 0.2) is 46.9 Å². The maximum absolute atomic E-state index is 13.0. The van der Waals surface area contributed by atoms with E-state index in [1.807, 2.05) is 56.3 Å². The molecular weight excluding hydrogens is 368 g/mol. The van der Waals surface area contributed by atoms with Gasteiger partial charge in [-0.05, 0) is 38.0 Å². The number of aryl methyl sites for hydroxylation is 2. The number of carbonyl (C=O) groups is 2. The molecule has 2 aromatic carbocycles. The Kier molecular flexibility index (Phi) is 4.22. The van der Waals surface area contributed by atoms with Crippen molar-refractivity contribution in [3.8, 4) is 0 Å². The fourth-order valence-electron chi connectivity index (χ4n) is 3.03. The number of amides is 3. The van der Waals surface area contributed by atoms with Crippen LogP contribution in [-0.4, -0.2) is 16.8 Å². The molecular formula is C19H19BrN2O2. The Bertz CT molecular complexity index is 834. The summed E-state index contributed by atoms with van der Waals surface area (Å²) in [4.78, 5) is 26.8. The second-order valence-electron chi connectivity index (χ2n) is 6.36. The molecule has 4 nitrogen and oxygen atoms in total. The van der Waals surface area contributed by atoms with Crippen LogP contribution in [0.4, 0.5) is 4.79 Å². The van der Waals surface area contributed by atoms with Crippen LogP contribution in [0, 0.1) is 13.8 Å². The normalized spacial score (nSPS) is 20.4. The van der Waals surface area contributed by atoms with Crippen molar-refractivity contribution in [2.75, 3.05) is 0 Å². The number of hydrogen-bond donors (Lipinski definition) is 1. The lowest BCUT2D eigenvalue weighted by Gasteiger charge is -2.23. The fourth-order valence-corrected chi connectivity index (χ4v) is 3.71. The summed E-state index contributed by atoms with van der Waals surface area (Å²) in [6, 6.07) is 13.1. The molecule has 0 unspecified atom stereocenters. The number of halogens is 1. The van der Waals surface area contributed by atoms with Crippen LogP contribution >= 0.6 is 15.9 Å². The molecule has 1 aliphatic rings. The van der Waals surface area contributed by atoms with E-state index in [1.165, 1.54) is 4.90 Å². The zero-order valence-electron chi connectivity index (χ0n) is 13.9. The highest BCUT2D eigenvalue weighted by Crippen LogP contribution is 2.34. The van der Waals surface area contributed by atoms with Crippen molar-refractivity contribution < 1.29 is 9.59 Å². The summed E-state index contributed by atoms with van der Waals surface area (Å²) < 4.78 is 0.801. The number of imide groups is 1. The average Bonchev–Trinajstić information content (AvgIpc) is 2.75. The largest absolute Gasteiger partial charge is 0.325 e. The van der Waals surface area contributed by atoms with Crippen LogP contribution in [0.5, 0.6) is 0 Å². The van der Waals surface area contributed by atoms with E-state index < -0.39 is 5.54 Å². The standard InChI is InChI=1S/C19H19BrN2O2/c1-12-8-9-13(2)14(10-12)11-22-17(23)19(3,21-18(22)24)15-6-4-5-7-16(15)20/h4-10H,11H2,1-3H3,(H,21,24)/t19-/m0/s1. The fraction of sp³-hybridized carbons (Fsp3) is 0.263. The van der Waals surface area contributed by atoms with Crippen LogP contribution in [0.1, 0.15) is 29.2 Å². The third-order valence-electron chi connectivity index (χ3n) is 4.52. The van der Waals surface area contributed by atoms with E-state index in [1.54, 1.807) is 6.92 Å². The minimum absolute atomic E-state index is 0.236. The molecule has 1 N–H and O–H groups in total. The van der Waals surface area contributed by atoms with Crippen molar-refractivity contribution >= 4 is 27.9 Å². The molecule has 1 saturated heterocycles. The monoisotopic (exact) mass is 386 g/mol. The summed E-state index contributed by atoms with van der Waals surface area (Å²) in [5, 5.41) is 2.85. The predicted octanol–water partition coefficient (Wildman–Crippen LogP) is 4.03. The first-order valence-corrected chi connectivity index (χ1v) is 8.57. The Hall–Kier alpha value is -2.14. The van der Waals surface area contributed by atoms with Gasteiger partial charge in [-0.3, -0.25) is 9.69 Å². The summed E-state index contributed by atoms with van der Waals surface area (Å²) in [7, 11) is 0. The van der Waals surface area contributed by atoms with Gasteiger partial charge in [0.2, 0.25) is 0 Å². The Morgan fingerprint density at radius 1 is 1.12 bits per heavy atom. The topological polar surface area (TPSA) is 49.4 Å². The average molecular weight is 387 g/mol. The lowest BCUT2D eigenvalue weighted by Crippen LogP contribution is -2.41. The van der Waals surface area contributed by atoms with Gasteiger partial charge in [0, 0.05) is 10.0 Å². The number of nitrogens with zero attached hydrogens (tertiary/aromatic N) is 1. The van der Waals surface area contributed by atoms with Crippen molar-refractivity contribution in [2.45, 2.75) is 32.9 Å². The molecule has 0 aliphatic carbocycles. The molecule has 124 valence electrons. The molecule has 0 bridgehead atoms. The van der Waals surface area contributed by atoms with E-state index in [4.69, 9.17) is 0 Å². The minimum Gasteiger partial charge on any atom is -0.319 e. The maximum atomic E-state index is 13.0. The van der Waals surface area contributed by atoms with Gasteiger partial charge < -0.3 is 5.32 Å². The van der Waals surface area contributed by atoms with Gasteiger partial charge in [0.1, 0.15) is 5.54 Å². The molecule has 5 heteroatoms. The zero-order chi connectivity index (χ0) is 17.5. The van der Waals surface area contributed by atoms with Gasteiger partial charge in [-0.15, -0.1) is 0 Å². The molecule has 0 saturated carbocycles. The second kappa shape index (κ2) is 6.06. The first-order chi connectivity index (χ1) is 11.3. The van der Waals surface area contributed by atoms with Crippen molar-refractivity contribution in [1.29, 1.82) is 0 Å². The summed E-state index contributed by atoms with van der Waals surface area (Å²) >= 11 is 3.47. The summed E-state index contributed by atoms with van der Waals surface area (Å²) in [6.45, 7) is 6.01. The van der Waals surface area contributed by atoms with Gasteiger partial charge in [0.15, 0.2) is 0 Å². The molecule has 1 aliphatic heterocycles. The van der Waals surface area contributed by atoms with Crippen LogP contribution in [-0.2, 0) is 16.9 Å². The highest BCUT2D eigenvalue weighted by Gasteiger charge is 2.49. The molecule has 24 heavy (non-hydrogen) atoms. The Labute approximate surface area is 150 Å². The maximum Gasteiger partial charge on any atom is 0.325 e. The van der Waals surface area contributed by atoms with Crippen molar-refractivity contribution in [2.24, 2.45) is 0 Å². The molecule has 1 fully saturated rings. The van der Waals surface area contributed by atoms with E-state index in [0.29, 0.717) is 0 Å². The number of benzene rings is 2. The third-order valence-corrected chi connectivity index (χ3v) is 5.21. The van der Waals surface area contributed by atoms with Crippen LogP contribution in [0.2, 0.25) is 0 Å². The molecule has 0 radical (unpaired) electrons. The molecule has 1 heterocycles. The highest BCUT2D eigenvalue weighted by molar-refractivity contribution is 9.10. The lowest BCUT2D eigenvalue weighted by atomic mass is 9.92. The van der Waals surface area contributed by atoms with Crippen molar-refractivity contribution in [1.82, 2.24) is 10.2 Å². The molecule has 0 aromatic heterocycles. The molecule has 0 spiro atoms. The van der Waals surface area contributed by atoms with Gasteiger partial charge in [0.05, 0.1) is 6.54 Å². The van der Waals surface area contributed by atoms with E-state index in [2.05, 4.69) is 21.2 Å². The Balaban J connectivity index is 1.95. The Morgan fingerprint density at radius 2 is 1.83 bits per heavy atom. The zero-order valence-corrected chi connectivity index (χ0v) is 15.5. The number of rotatable bonds is 3. The van der Waals surface area contributed by atoms with Gasteiger partial charge in [-0.25, -0.2) is 4.79 Å². The number of nitrogens with one attached hydrogen (secondary N) is 1. The third kappa shape index (κ3) is 2.73. The number of carbonyl (C=O) groups excluding carboxylic acids is 2. The van der Waals surface area contributed by atoms with E-state index in [-0.39, 0.29) is 18.5 Å². The summed E-state index contributed by atoms with van der Waals surface area (Å²) in [5.74, 6) is -0.236. The molecule has 3 rings (SSSR count). The molecule has 1 atom stereocenters. The molecule has 3 amide bonds. The minimum atomic E-state index is -1.06. The van der Waals surface area contributed by atoms with Gasteiger partial charge in [0.25, 0.3) is 5.91 Å². The van der Waals surface area contributed by atoms with E-state index in [0.717, 1.165) is 26.7 Å². The van der Waals surface area contributed by atoms with Crippen LogP contribution < -0.4 is 5.32 Å². The van der Waals surface area contributed by atoms with Crippen molar-refractivity contribution in [3.63, 3.8) is 0 Å². The van der Waals surface area contributed by atoms with Gasteiger partial charge in [-0.1, -0.05) is 57.9 Å². The molecule has 2 aromatic rings. The lowest BCUT2D eigenvalue weighted by molar-refractivity contribution is -0.131. The first kappa shape index (κ1) is 16.7. The van der Waals surface area contributed by atoms with Gasteiger partial charge >= 0.3 is 6.03 Å². The van der Waals surface area contributed by atoms with Crippen molar-refractivity contribution in [3.05, 3.63) is 69.2 Å². The predicted molar refractivity (Wildman–Crippen MR) is 96.5 cm³/mol. The van der Waals surface area contributed by atoms with Crippen LogP contribution in [0.3, 0.4) is 0 Å². The highest BCUT2D eigenvalue weighted by atomic mass is 79.9. The number of hydrogen-bond acceptors (Lipinski definition) is 2. The van der Waals surface area contributed by atoms with E-state index >= 15 is 0 Å². The first-order valence-electron chi connectivity index (χ1n) is 7.78. The van der Waals surface area contributed by atoms with Crippen LogP contribution in [0.25, 0.3) is 0 Å².